The Balaban J connectivity index is 2.36. The zero-order valence-corrected chi connectivity index (χ0v) is 11.0. The molecule has 0 amide bonds. The molecule has 0 saturated carbocycles. The van der Waals surface area contributed by atoms with E-state index in [1.54, 1.807) is 0 Å². The van der Waals surface area contributed by atoms with Crippen LogP contribution in [-0.2, 0) is 4.74 Å². The van der Waals surface area contributed by atoms with Crippen molar-refractivity contribution in [1.29, 1.82) is 0 Å². The molecule has 14 heavy (non-hydrogen) atoms. The fourth-order valence-electron chi connectivity index (χ4n) is 1.59. The topological polar surface area (TPSA) is 9.23 Å². The van der Waals surface area contributed by atoms with Crippen LogP contribution in [0.1, 0.15) is 33.1 Å². The van der Waals surface area contributed by atoms with Crippen LogP contribution in [0.25, 0.3) is 0 Å². The number of ether oxygens (including phenoxy) is 1. The highest BCUT2D eigenvalue weighted by Gasteiger charge is 2.31. The van der Waals surface area contributed by atoms with E-state index in [0.29, 0.717) is 5.41 Å². The summed E-state index contributed by atoms with van der Waals surface area (Å²) in [4.78, 5) is 0. The van der Waals surface area contributed by atoms with Crippen molar-refractivity contribution in [2.24, 2.45) is 5.41 Å². The molecule has 84 valence electrons. The molecule has 1 unspecified atom stereocenters. The van der Waals surface area contributed by atoms with Crippen molar-refractivity contribution in [2.45, 2.75) is 38.4 Å². The molecule has 0 aromatic carbocycles. The fraction of sp³-hybridized carbons (Fsp3) is 1.00. The van der Waals surface area contributed by atoms with Crippen molar-refractivity contribution in [3.05, 3.63) is 0 Å². The van der Waals surface area contributed by atoms with E-state index < -0.39 is 0 Å². The molecule has 0 aliphatic carbocycles. The van der Waals surface area contributed by atoms with Gasteiger partial charge in [-0.25, -0.2) is 0 Å². The van der Waals surface area contributed by atoms with Gasteiger partial charge in [0.2, 0.25) is 0 Å². The maximum Gasteiger partial charge on any atom is 0.0471 e. The summed E-state index contributed by atoms with van der Waals surface area (Å²) >= 11 is 6.61. The number of hydrogen-bond donors (Lipinski definition) is 1. The SMILES string of the molecule is CCC(C)SCC1(CS)CCOCC1. The van der Waals surface area contributed by atoms with Crippen molar-refractivity contribution in [1.82, 2.24) is 0 Å². The van der Waals surface area contributed by atoms with Crippen LogP contribution in [0.4, 0.5) is 0 Å². The van der Waals surface area contributed by atoms with Gasteiger partial charge in [-0.05, 0) is 30.4 Å². The summed E-state index contributed by atoms with van der Waals surface area (Å²) in [5, 5.41) is 0.787. The molecule has 0 bridgehead atoms. The van der Waals surface area contributed by atoms with Crippen LogP contribution in [0.3, 0.4) is 0 Å². The average Bonchev–Trinajstić information content (AvgIpc) is 2.27. The van der Waals surface area contributed by atoms with Crippen molar-refractivity contribution in [3.63, 3.8) is 0 Å². The molecule has 1 fully saturated rings. The first-order valence-corrected chi connectivity index (χ1v) is 7.21. The predicted octanol–water partition coefficient (Wildman–Crippen LogP) is 3.24. The highest BCUT2D eigenvalue weighted by molar-refractivity contribution is 7.99. The lowest BCUT2D eigenvalue weighted by molar-refractivity contribution is 0.0370. The standard InChI is InChI=1S/C11H22OS2/c1-3-10(2)14-9-11(8-13)4-6-12-7-5-11/h10,13H,3-9H2,1-2H3. The Bertz CT molecular complexity index is 155. The normalized spacial score (nSPS) is 23.4. The minimum atomic E-state index is 0.454. The van der Waals surface area contributed by atoms with Gasteiger partial charge >= 0.3 is 0 Å². The summed E-state index contributed by atoms with van der Waals surface area (Å²) in [6.45, 7) is 6.44. The van der Waals surface area contributed by atoms with Crippen LogP contribution in [0.15, 0.2) is 0 Å². The molecule has 0 N–H and O–H groups in total. The molecule has 1 heterocycles. The third-order valence-corrected chi connectivity index (χ3v) is 5.49. The Kier molecular flexibility index (Phi) is 5.72. The van der Waals surface area contributed by atoms with Crippen LogP contribution >= 0.6 is 24.4 Å². The molecular formula is C11H22OS2. The smallest absolute Gasteiger partial charge is 0.0471 e. The highest BCUT2D eigenvalue weighted by Crippen LogP contribution is 2.36. The molecule has 3 heteroatoms. The van der Waals surface area contributed by atoms with E-state index in [1.807, 2.05) is 0 Å². The van der Waals surface area contributed by atoms with Gasteiger partial charge < -0.3 is 4.74 Å². The van der Waals surface area contributed by atoms with Crippen LogP contribution in [0.2, 0.25) is 0 Å². The monoisotopic (exact) mass is 234 g/mol. The quantitative estimate of drug-likeness (QED) is 0.731. The molecule has 1 aliphatic rings. The molecule has 0 aromatic heterocycles. The third kappa shape index (κ3) is 3.67. The number of thiol groups is 1. The van der Waals surface area contributed by atoms with Gasteiger partial charge in [-0.15, -0.1) is 0 Å². The second-order valence-electron chi connectivity index (χ2n) is 4.30. The lowest BCUT2D eigenvalue weighted by Crippen LogP contribution is -2.34. The van der Waals surface area contributed by atoms with E-state index in [1.165, 1.54) is 25.0 Å². The second-order valence-corrected chi connectivity index (χ2v) is 6.04. The van der Waals surface area contributed by atoms with E-state index in [9.17, 15) is 0 Å². The minimum Gasteiger partial charge on any atom is -0.381 e. The Labute approximate surface area is 97.8 Å². The summed E-state index contributed by atoms with van der Waals surface area (Å²) in [7, 11) is 0. The van der Waals surface area contributed by atoms with Crippen LogP contribution < -0.4 is 0 Å². The van der Waals surface area contributed by atoms with Crippen LogP contribution in [0, 0.1) is 5.41 Å². The van der Waals surface area contributed by atoms with Crippen molar-refractivity contribution in [3.8, 4) is 0 Å². The first kappa shape index (κ1) is 12.7. The van der Waals surface area contributed by atoms with Gasteiger partial charge in [0.15, 0.2) is 0 Å². The molecular weight excluding hydrogens is 212 g/mol. The second kappa shape index (κ2) is 6.29. The molecule has 0 radical (unpaired) electrons. The van der Waals surface area contributed by atoms with Gasteiger partial charge in [-0.1, -0.05) is 13.8 Å². The summed E-state index contributed by atoms with van der Waals surface area (Å²) in [6, 6.07) is 0. The van der Waals surface area contributed by atoms with E-state index in [2.05, 4.69) is 38.2 Å². The maximum absolute atomic E-state index is 5.42. The number of hydrogen-bond acceptors (Lipinski definition) is 3. The van der Waals surface area contributed by atoms with Gasteiger partial charge in [-0.3, -0.25) is 0 Å². The number of thioether (sulfide) groups is 1. The maximum atomic E-state index is 5.42. The summed E-state index contributed by atoms with van der Waals surface area (Å²) in [5.41, 5.74) is 0.454. The molecule has 1 rings (SSSR count). The molecule has 1 aliphatic heterocycles. The number of rotatable bonds is 5. The minimum absolute atomic E-state index is 0.454. The van der Waals surface area contributed by atoms with E-state index in [4.69, 9.17) is 4.74 Å². The Morgan fingerprint density at radius 2 is 2.07 bits per heavy atom. The van der Waals surface area contributed by atoms with E-state index in [-0.39, 0.29) is 0 Å². The van der Waals surface area contributed by atoms with Crippen LogP contribution in [-0.4, -0.2) is 30.0 Å². The third-order valence-electron chi connectivity index (χ3n) is 3.14. The molecule has 0 aromatic rings. The summed E-state index contributed by atoms with van der Waals surface area (Å²) in [5.74, 6) is 2.27. The first-order valence-electron chi connectivity index (χ1n) is 5.52. The fourth-order valence-corrected chi connectivity index (χ4v) is 3.43. The highest BCUT2D eigenvalue weighted by atomic mass is 32.2. The van der Waals surface area contributed by atoms with Crippen molar-refractivity contribution in [2.75, 3.05) is 24.7 Å². The Morgan fingerprint density at radius 3 is 2.57 bits per heavy atom. The van der Waals surface area contributed by atoms with Gasteiger partial charge in [0.1, 0.15) is 0 Å². The molecule has 0 spiro atoms. The average molecular weight is 234 g/mol. The molecule has 1 atom stereocenters. The van der Waals surface area contributed by atoms with Crippen molar-refractivity contribution >= 4 is 24.4 Å². The molecule has 1 saturated heterocycles. The molecule has 1 nitrogen and oxygen atoms in total. The Morgan fingerprint density at radius 1 is 1.43 bits per heavy atom. The van der Waals surface area contributed by atoms with Gasteiger partial charge in [0.25, 0.3) is 0 Å². The zero-order valence-electron chi connectivity index (χ0n) is 9.29. The summed E-state index contributed by atoms with van der Waals surface area (Å²) < 4.78 is 5.42. The predicted molar refractivity (Wildman–Crippen MR) is 68.6 cm³/mol. The van der Waals surface area contributed by atoms with E-state index in [0.717, 1.165) is 24.2 Å². The van der Waals surface area contributed by atoms with Crippen molar-refractivity contribution < 1.29 is 4.74 Å². The van der Waals surface area contributed by atoms with Gasteiger partial charge in [0, 0.05) is 24.2 Å². The summed E-state index contributed by atoms with van der Waals surface area (Å²) in [6.07, 6.45) is 3.66. The zero-order chi connectivity index (χ0) is 10.4. The lowest BCUT2D eigenvalue weighted by atomic mass is 9.84. The van der Waals surface area contributed by atoms with Gasteiger partial charge in [0.05, 0.1) is 0 Å². The van der Waals surface area contributed by atoms with E-state index >= 15 is 0 Å². The van der Waals surface area contributed by atoms with Gasteiger partial charge in [-0.2, -0.15) is 24.4 Å². The first-order chi connectivity index (χ1) is 6.72. The largest absolute Gasteiger partial charge is 0.381 e. The lowest BCUT2D eigenvalue weighted by Gasteiger charge is -2.36. The van der Waals surface area contributed by atoms with Crippen LogP contribution in [0.5, 0.6) is 0 Å². The Hall–Kier alpha value is 0.660.